The zero-order valence-corrected chi connectivity index (χ0v) is 20.1. The molecule has 2 fully saturated rings. The minimum absolute atomic E-state index is 0. The standard InChI is InChI=1S/C22H23N9O.2ClH/c1-30-19-8-15(10-24-21(19)27-29-30)14-4-5-16(20(32)9-14)17-11-25-22(28-26-17)31-7-6-23-18(12-31)13-2-3-13;;/h4-5,8-11,13,18,23,32H,2-3,6-7,12H2,1H3;2*1H/t18-;;/m1../s1. The van der Waals surface area contributed by atoms with Gasteiger partial charge in [0, 0.05) is 50.0 Å². The molecule has 2 N–H and O–H groups in total. The maximum atomic E-state index is 10.7. The summed E-state index contributed by atoms with van der Waals surface area (Å²) in [6, 6.07) is 7.92. The molecule has 6 rings (SSSR count). The highest BCUT2D eigenvalue weighted by atomic mass is 35.5. The Morgan fingerprint density at radius 2 is 1.85 bits per heavy atom. The number of fused-ring (bicyclic) bond motifs is 1. The van der Waals surface area contributed by atoms with E-state index in [1.807, 2.05) is 25.2 Å². The van der Waals surface area contributed by atoms with Crippen LogP contribution in [0.25, 0.3) is 33.5 Å². The van der Waals surface area contributed by atoms with Crippen LogP contribution in [0.3, 0.4) is 0 Å². The number of hydrogen-bond donors (Lipinski definition) is 2. The number of rotatable bonds is 4. The average molecular weight is 502 g/mol. The fourth-order valence-corrected chi connectivity index (χ4v) is 4.32. The molecule has 1 saturated carbocycles. The van der Waals surface area contributed by atoms with Crippen molar-refractivity contribution in [2.45, 2.75) is 18.9 Å². The molecule has 0 unspecified atom stereocenters. The number of nitrogens with zero attached hydrogens (tertiary/aromatic N) is 8. The van der Waals surface area contributed by atoms with Crippen LogP contribution in [0.2, 0.25) is 0 Å². The van der Waals surface area contributed by atoms with Crippen LogP contribution in [0.15, 0.2) is 36.7 Å². The van der Waals surface area contributed by atoms with E-state index < -0.39 is 0 Å². The van der Waals surface area contributed by atoms with Gasteiger partial charge in [0.1, 0.15) is 17.0 Å². The number of halogens is 2. The molecular formula is C22H25Cl2N9O. The minimum atomic E-state index is 0. The molecule has 2 aliphatic rings. The summed E-state index contributed by atoms with van der Waals surface area (Å²) in [7, 11) is 1.82. The van der Waals surface area contributed by atoms with Crippen LogP contribution < -0.4 is 10.2 Å². The average Bonchev–Trinajstić information content (AvgIpc) is 3.62. The summed E-state index contributed by atoms with van der Waals surface area (Å²) in [6.07, 6.45) is 6.02. The molecule has 178 valence electrons. The highest BCUT2D eigenvalue weighted by Crippen LogP contribution is 2.35. The smallest absolute Gasteiger partial charge is 0.245 e. The molecule has 4 heterocycles. The van der Waals surface area contributed by atoms with E-state index in [4.69, 9.17) is 0 Å². The van der Waals surface area contributed by atoms with Gasteiger partial charge in [-0.3, -0.25) is 0 Å². The monoisotopic (exact) mass is 501 g/mol. The molecule has 1 aromatic carbocycles. The molecule has 1 saturated heterocycles. The first-order valence-electron chi connectivity index (χ1n) is 10.8. The van der Waals surface area contributed by atoms with Crippen molar-refractivity contribution in [3.8, 4) is 28.1 Å². The van der Waals surface area contributed by atoms with E-state index in [1.54, 1.807) is 23.1 Å². The Kier molecular flexibility index (Phi) is 6.83. The SMILES string of the molecule is Cl.Cl.Cn1nnc2ncc(-c3ccc(-c4cnc(N5CCN[C@@H](C6CC6)C5)nn4)c(O)c3)cc21. The molecule has 0 radical (unpaired) electrons. The van der Waals surface area contributed by atoms with E-state index >= 15 is 0 Å². The zero-order chi connectivity index (χ0) is 21.7. The predicted molar refractivity (Wildman–Crippen MR) is 133 cm³/mol. The highest BCUT2D eigenvalue weighted by molar-refractivity contribution is 5.85. The maximum Gasteiger partial charge on any atom is 0.245 e. The molecule has 0 bridgehead atoms. The molecule has 4 aromatic rings. The first-order chi connectivity index (χ1) is 15.7. The Balaban J connectivity index is 0.00000137. The molecule has 3 aromatic heterocycles. The summed E-state index contributed by atoms with van der Waals surface area (Å²) < 4.78 is 1.67. The molecule has 1 atom stereocenters. The molecule has 34 heavy (non-hydrogen) atoms. The van der Waals surface area contributed by atoms with Crippen molar-refractivity contribution in [2.24, 2.45) is 13.0 Å². The van der Waals surface area contributed by atoms with Crippen LogP contribution in [0.5, 0.6) is 5.75 Å². The maximum absolute atomic E-state index is 10.7. The first kappa shape index (κ1) is 24.1. The number of phenols is 1. The lowest BCUT2D eigenvalue weighted by molar-refractivity contribution is 0.414. The van der Waals surface area contributed by atoms with Crippen molar-refractivity contribution in [3.05, 3.63) is 36.7 Å². The van der Waals surface area contributed by atoms with E-state index in [0.29, 0.717) is 28.9 Å². The third-order valence-corrected chi connectivity index (χ3v) is 6.31. The van der Waals surface area contributed by atoms with E-state index in [-0.39, 0.29) is 30.6 Å². The quantitative estimate of drug-likeness (QED) is 0.434. The van der Waals surface area contributed by atoms with Crippen molar-refractivity contribution in [2.75, 3.05) is 24.5 Å². The van der Waals surface area contributed by atoms with E-state index in [9.17, 15) is 5.11 Å². The number of aryl methyl sites for hydroxylation is 1. The first-order valence-corrected chi connectivity index (χ1v) is 10.8. The van der Waals surface area contributed by atoms with Crippen molar-refractivity contribution >= 4 is 41.9 Å². The Morgan fingerprint density at radius 1 is 1.00 bits per heavy atom. The summed E-state index contributed by atoms with van der Waals surface area (Å²) >= 11 is 0. The molecular weight excluding hydrogens is 477 g/mol. The van der Waals surface area contributed by atoms with Gasteiger partial charge in [-0.05, 0) is 42.5 Å². The Morgan fingerprint density at radius 3 is 2.59 bits per heavy atom. The highest BCUT2D eigenvalue weighted by Gasteiger charge is 2.34. The Bertz CT molecular complexity index is 1290. The van der Waals surface area contributed by atoms with Gasteiger partial charge < -0.3 is 15.3 Å². The summed E-state index contributed by atoms with van der Waals surface area (Å²) in [5, 5.41) is 31.0. The van der Waals surface area contributed by atoms with Crippen LogP contribution in [0, 0.1) is 5.92 Å². The van der Waals surface area contributed by atoms with Gasteiger partial charge in [0.25, 0.3) is 0 Å². The van der Waals surface area contributed by atoms with Gasteiger partial charge in [-0.15, -0.1) is 40.1 Å². The van der Waals surface area contributed by atoms with Crippen LogP contribution in [0.1, 0.15) is 12.8 Å². The van der Waals surface area contributed by atoms with E-state index in [2.05, 4.69) is 40.7 Å². The summed E-state index contributed by atoms with van der Waals surface area (Å²) in [4.78, 5) is 11.1. The second kappa shape index (κ2) is 9.65. The van der Waals surface area contributed by atoms with Gasteiger partial charge >= 0.3 is 0 Å². The normalized spacial score (nSPS) is 17.8. The lowest BCUT2D eigenvalue weighted by Crippen LogP contribution is -2.52. The van der Waals surface area contributed by atoms with Gasteiger partial charge in [0.05, 0.1) is 6.20 Å². The van der Waals surface area contributed by atoms with Crippen molar-refractivity contribution < 1.29 is 5.11 Å². The molecule has 1 aliphatic heterocycles. The van der Waals surface area contributed by atoms with E-state index in [0.717, 1.165) is 42.2 Å². The number of hydrogen-bond acceptors (Lipinski definition) is 9. The van der Waals surface area contributed by atoms with Gasteiger partial charge in [0.2, 0.25) is 11.6 Å². The lowest BCUT2D eigenvalue weighted by atomic mass is 10.0. The molecule has 10 nitrogen and oxygen atoms in total. The molecule has 1 aliphatic carbocycles. The van der Waals surface area contributed by atoms with Crippen LogP contribution >= 0.6 is 24.8 Å². The number of aromatic nitrogens is 7. The number of anilines is 1. The number of piperazine rings is 1. The second-order valence-electron chi connectivity index (χ2n) is 8.50. The summed E-state index contributed by atoms with van der Waals surface area (Å²) in [5.74, 6) is 1.54. The summed E-state index contributed by atoms with van der Waals surface area (Å²) in [6.45, 7) is 2.72. The number of pyridine rings is 1. The number of nitrogens with one attached hydrogen (secondary N) is 1. The molecule has 0 spiro atoms. The Hall–Kier alpha value is -3.08. The van der Waals surface area contributed by atoms with Crippen molar-refractivity contribution in [1.29, 1.82) is 0 Å². The molecule has 12 heteroatoms. The lowest BCUT2D eigenvalue weighted by Gasteiger charge is -2.33. The van der Waals surface area contributed by atoms with Gasteiger partial charge in [-0.2, -0.15) is 0 Å². The minimum Gasteiger partial charge on any atom is -0.507 e. The largest absolute Gasteiger partial charge is 0.507 e. The third-order valence-electron chi connectivity index (χ3n) is 6.31. The summed E-state index contributed by atoms with van der Waals surface area (Å²) in [5.41, 5.74) is 4.25. The van der Waals surface area contributed by atoms with Gasteiger partial charge in [-0.25, -0.2) is 14.6 Å². The zero-order valence-electron chi connectivity index (χ0n) is 18.5. The van der Waals surface area contributed by atoms with E-state index in [1.165, 1.54) is 12.8 Å². The topological polar surface area (TPSA) is 118 Å². The number of benzene rings is 1. The fourth-order valence-electron chi connectivity index (χ4n) is 4.32. The Labute approximate surface area is 208 Å². The van der Waals surface area contributed by atoms with Crippen LogP contribution in [0.4, 0.5) is 5.95 Å². The van der Waals surface area contributed by atoms with Gasteiger partial charge in [0.15, 0.2) is 0 Å². The van der Waals surface area contributed by atoms with Crippen LogP contribution in [-0.2, 0) is 7.05 Å². The second-order valence-corrected chi connectivity index (χ2v) is 8.50. The fraction of sp³-hybridized carbons (Fsp3) is 0.364. The van der Waals surface area contributed by atoms with Crippen molar-refractivity contribution in [1.82, 2.24) is 40.5 Å². The third kappa shape index (κ3) is 4.48. The number of aromatic hydroxyl groups is 1. The number of phenolic OH excluding ortho intramolecular Hbond substituents is 1. The van der Waals surface area contributed by atoms with Gasteiger partial charge in [-0.1, -0.05) is 11.3 Å². The molecule has 0 amide bonds. The predicted octanol–water partition coefficient (Wildman–Crippen LogP) is 2.62. The van der Waals surface area contributed by atoms with Crippen molar-refractivity contribution in [3.63, 3.8) is 0 Å². The van der Waals surface area contributed by atoms with Crippen LogP contribution in [-0.4, -0.2) is 65.9 Å².